The zero-order chi connectivity index (χ0) is 100.0. The number of carbonyl (C=O) groups is 22. The summed E-state index contributed by atoms with van der Waals surface area (Å²) in [4.78, 5) is 324. The summed E-state index contributed by atoms with van der Waals surface area (Å²) in [6, 6.07) is -17.7. The molecule has 14 aliphatic heterocycles. The molecule has 14 aliphatic rings. The standard InChI is InChI=1S/C86H123N25O28/c1-44(112)98-16-2-9-52(98)80(133)106-38-47(114)25-61(106)75(128)91-33-69(122)102-20-6-13-56(102)84(137)110-42-51(118)29-65(110)79(132)95-36-72(125)103-21-7-14-57(103)85(138)109-41-48(115)26-62(109)76(129)92-32-68(121)99-17-3-10-53(99)81(134)105-37-45(96-97-88)23-59(105)73(126)90-31-67(120)100-18-5-12-55(100)83(136)108-40-49(116)27-63(108)77(130)94-35-71(124)104-22-8-15-58(104)86(139)111-43-50(117)28-64(111)78(131)93-34-70(123)101-19-4-11-54(101)82(135)107-39-46(113)24-60(107)74(127)89-30-66(87)119/h45-65,113-118H,2-43H2,1H3,(H2,87,119)(H,89,127)(H,90,126)(H,91,128)(H,92,129)(H,93,131)(H,94,130)(H,95,132)/t45-,46+,47+,48+,49+,50+,51+,52-,53-,54-,55-,56-,57-,58-,59-,60-,61-,62-,63-,64-,65-/m0/s1. The lowest BCUT2D eigenvalue weighted by Gasteiger charge is -2.32. The van der Waals surface area contributed by atoms with E-state index >= 15 is 0 Å². The van der Waals surface area contributed by atoms with E-state index in [0.717, 1.165) is 29.4 Å². The number of aliphatic hydroxyl groups is 6. The minimum Gasteiger partial charge on any atom is -0.391 e. The van der Waals surface area contributed by atoms with Crippen molar-refractivity contribution in [2.45, 2.75) is 269 Å². The lowest BCUT2D eigenvalue weighted by atomic mass is 10.1. The highest BCUT2D eigenvalue weighted by Gasteiger charge is 2.55. The summed E-state index contributed by atoms with van der Waals surface area (Å²) in [5.74, 6) is -15.8. The molecule has 760 valence electrons. The summed E-state index contributed by atoms with van der Waals surface area (Å²) in [7, 11) is 0. The maximum absolute atomic E-state index is 14.7. The molecule has 0 radical (unpaired) electrons. The van der Waals surface area contributed by atoms with Crippen LogP contribution in [-0.2, 0) is 105 Å². The van der Waals surface area contributed by atoms with Crippen LogP contribution < -0.4 is 43.0 Å². The van der Waals surface area contributed by atoms with Gasteiger partial charge in [-0.25, -0.2) is 0 Å². The zero-order valence-corrected chi connectivity index (χ0v) is 77.2. The van der Waals surface area contributed by atoms with Gasteiger partial charge in [-0.05, 0) is 102 Å². The Morgan fingerprint density at radius 2 is 0.432 bits per heavy atom. The molecule has 14 rings (SSSR count). The Morgan fingerprint density at radius 1 is 0.259 bits per heavy atom. The van der Waals surface area contributed by atoms with Gasteiger partial charge in [0.1, 0.15) is 84.6 Å². The number of likely N-dealkylation sites (tertiary alicyclic amines) is 14. The monoisotopic (exact) mass is 1950 g/mol. The van der Waals surface area contributed by atoms with Crippen molar-refractivity contribution in [1.29, 1.82) is 0 Å². The summed E-state index contributed by atoms with van der Waals surface area (Å²) >= 11 is 0. The van der Waals surface area contributed by atoms with Crippen LogP contribution in [0, 0.1) is 0 Å². The molecule has 139 heavy (non-hydrogen) atoms. The normalized spacial score (nSPS) is 30.4. The van der Waals surface area contributed by atoms with Crippen molar-refractivity contribution < 1.29 is 136 Å². The van der Waals surface area contributed by atoms with Crippen LogP contribution in [0.25, 0.3) is 10.4 Å². The summed E-state index contributed by atoms with van der Waals surface area (Å²) in [6.45, 7) is -4.48. The Kier molecular flexibility index (Phi) is 32.6. The third-order valence-corrected chi connectivity index (χ3v) is 29.3. The predicted octanol–water partition coefficient (Wildman–Crippen LogP) is -12.7. The van der Waals surface area contributed by atoms with Crippen molar-refractivity contribution in [2.75, 3.05) is 137 Å². The fourth-order valence-electron chi connectivity index (χ4n) is 22.6. The van der Waals surface area contributed by atoms with Crippen LogP contribution in [0.4, 0.5) is 0 Å². The van der Waals surface area contributed by atoms with Crippen LogP contribution in [0.15, 0.2) is 5.11 Å². The van der Waals surface area contributed by atoms with Gasteiger partial charge in [0.2, 0.25) is 130 Å². The van der Waals surface area contributed by atoms with Crippen molar-refractivity contribution in [2.24, 2.45) is 10.8 Å². The molecule has 14 fully saturated rings. The van der Waals surface area contributed by atoms with Gasteiger partial charge in [-0.1, -0.05) is 5.11 Å². The van der Waals surface area contributed by atoms with E-state index in [4.69, 9.17) is 5.73 Å². The molecular formula is C86H123N25O28. The molecular weight excluding hydrogens is 1830 g/mol. The number of nitrogens with one attached hydrogen (secondary N) is 7. The average Bonchev–Trinajstić information content (AvgIpc) is 1.15. The Morgan fingerprint density at radius 3 is 0.619 bits per heavy atom. The Balaban J connectivity index is 0.516. The number of nitrogens with zero attached hydrogens (tertiary/aromatic N) is 17. The largest absolute Gasteiger partial charge is 0.391 e. The van der Waals surface area contributed by atoms with Crippen molar-refractivity contribution in [1.82, 2.24) is 106 Å². The van der Waals surface area contributed by atoms with Crippen LogP contribution in [0.5, 0.6) is 0 Å². The molecule has 21 atom stereocenters. The quantitative estimate of drug-likeness (QED) is 0.0188. The highest BCUT2D eigenvalue weighted by molar-refractivity contribution is 6.03. The number of hydrogen-bond donors (Lipinski definition) is 14. The fourth-order valence-corrected chi connectivity index (χ4v) is 22.6. The molecule has 0 aromatic rings. The molecule has 0 aliphatic carbocycles. The van der Waals surface area contributed by atoms with E-state index in [1.165, 1.54) is 46.1 Å². The molecule has 0 unspecified atom stereocenters. The SMILES string of the molecule is CC(=O)N1CCC[C@H]1C(=O)N1C[C@H](O)C[C@H]1C(=O)NCC(=O)N1CCC[C@H]1C(=O)N1C[C@H](O)C[C@H]1C(=O)NCC(=O)N1CCC[C@H]1C(=O)N1C[C@H](O)C[C@H]1C(=O)NCC(=O)N1CCC[C@H]1C(=O)N1C[C@@H](N=[N+]=[N-])C[C@H]1C(=O)NCC(=O)N1CCC[C@H]1C(=O)N1C[C@H](O)C[C@H]1C(=O)NCC(=O)N1CCC[C@H]1C(=O)N1C[C@H](O)C[C@H]1C(=O)NCC(=O)N1CCC[C@H]1C(=O)N1C[C@H](O)C[C@H]1C(=O)NCC(N)=O. The third-order valence-electron chi connectivity index (χ3n) is 29.3. The molecule has 53 heteroatoms. The molecule has 0 aromatic heterocycles. The summed E-state index contributed by atoms with van der Waals surface area (Å²) < 4.78 is 0. The maximum Gasteiger partial charge on any atom is 0.246 e. The van der Waals surface area contributed by atoms with Crippen LogP contribution in [0.1, 0.15) is 142 Å². The van der Waals surface area contributed by atoms with Crippen LogP contribution in [-0.4, -0.2) is 494 Å². The van der Waals surface area contributed by atoms with E-state index in [-0.39, 0.29) is 181 Å². The van der Waals surface area contributed by atoms with Gasteiger partial charge < -0.3 is 142 Å². The zero-order valence-electron chi connectivity index (χ0n) is 77.2. The van der Waals surface area contributed by atoms with Crippen LogP contribution in [0.2, 0.25) is 0 Å². The average molecular weight is 1960 g/mol. The van der Waals surface area contributed by atoms with Gasteiger partial charge in [0.05, 0.1) is 88.5 Å². The highest BCUT2D eigenvalue weighted by atomic mass is 16.3. The second-order valence-corrected chi connectivity index (χ2v) is 38.3. The molecule has 15 N–H and O–H groups in total. The topological polar surface area (TPSA) is 701 Å². The maximum atomic E-state index is 14.7. The van der Waals surface area contributed by atoms with Crippen molar-refractivity contribution in [3.05, 3.63) is 10.4 Å². The Labute approximate surface area is 796 Å². The number of azide groups is 1. The van der Waals surface area contributed by atoms with Gasteiger partial charge in [-0.15, -0.1) is 0 Å². The van der Waals surface area contributed by atoms with Gasteiger partial charge in [0.25, 0.3) is 0 Å². The van der Waals surface area contributed by atoms with Crippen LogP contribution in [0.3, 0.4) is 0 Å². The van der Waals surface area contributed by atoms with Crippen LogP contribution >= 0.6 is 0 Å². The lowest BCUT2D eigenvalue weighted by molar-refractivity contribution is -0.148. The first-order valence-corrected chi connectivity index (χ1v) is 47.8. The molecule has 22 amide bonds. The molecule has 0 aromatic carbocycles. The highest BCUT2D eigenvalue weighted by Crippen LogP contribution is 2.35. The number of primary amides is 1. The van der Waals surface area contributed by atoms with E-state index in [9.17, 15) is 142 Å². The van der Waals surface area contributed by atoms with E-state index < -0.39 is 297 Å². The number of nitrogens with two attached hydrogens (primary N) is 1. The van der Waals surface area contributed by atoms with E-state index in [0.29, 0.717) is 51.5 Å². The van der Waals surface area contributed by atoms with Gasteiger partial charge in [0.15, 0.2) is 0 Å². The van der Waals surface area contributed by atoms with Gasteiger partial charge in [0, 0.05) is 142 Å². The number of hydrogen-bond acceptors (Lipinski definition) is 29. The summed E-state index contributed by atoms with van der Waals surface area (Å²) in [5.41, 5.74) is 14.7. The van der Waals surface area contributed by atoms with Gasteiger partial charge >= 0.3 is 0 Å². The molecule has 0 bridgehead atoms. The molecule has 0 spiro atoms. The number of rotatable bonds is 29. The van der Waals surface area contributed by atoms with Crippen molar-refractivity contribution in [3.8, 4) is 0 Å². The molecule has 0 saturated carbocycles. The van der Waals surface area contributed by atoms with E-state index in [1.54, 1.807) is 0 Å². The fraction of sp³-hybridized carbons (Fsp3) is 0.744. The van der Waals surface area contributed by atoms with Gasteiger partial charge in [-0.2, -0.15) is 0 Å². The number of aliphatic hydroxyl groups excluding tert-OH is 6. The smallest absolute Gasteiger partial charge is 0.246 e. The Hall–Kier alpha value is -12.6. The number of carbonyl (C=O) groups excluding carboxylic acids is 22. The van der Waals surface area contributed by atoms with Crippen molar-refractivity contribution >= 4 is 130 Å². The molecule has 14 saturated heterocycles. The lowest BCUT2D eigenvalue weighted by Crippen LogP contribution is -2.57. The first-order chi connectivity index (χ1) is 66.3. The number of β-amino-alcohol motifs (C(OH)–C–C–N with tert-alkyl or cyclic N) is 6. The first kappa shape index (κ1) is 102. The summed E-state index contributed by atoms with van der Waals surface area (Å²) in [5, 5.41) is 85.7. The minimum absolute atomic E-state index is 0.0104. The van der Waals surface area contributed by atoms with Crippen molar-refractivity contribution in [3.63, 3.8) is 0 Å². The first-order valence-electron chi connectivity index (χ1n) is 47.8. The second-order valence-electron chi connectivity index (χ2n) is 38.3. The minimum atomic E-state index is -1.37. The number of amides is 22. The molecule has 14 heterocycles. The molecule has 53 nitrogen and oxygen atoms in total. The van der Waals surface area contributed by atoms with Gasteiger partial charge in [-0.3, -0.25) is 105 Å². The Bertz CT molecular complexity index is 4910. The third kappa shape index (κ3) is 22.5. The predicted molar refractivity (Wildman–Crippen MR) is 469 cm³/mol. The van der Waals surface area contributed by atoms with E-state index in [1.807, 2.05) is 0 Å². The summed E-state index contributed by atoms with van der Waals surface area (Å²) in [6.07, 6.45) is -4.72. The second kappa shape index (κ2) is 44.3. The van der Waals surface area contributed by atoms with E-state index in [2.05, 4.69) is 47.2 Å².